The average molecular weight is 266 g/mol. The third kappa shape index (κ3) is 3.10. The second kappa shape index (κ2) is 5.65. The third-order valence-corrected chi connectivity index (χ3v) is 3.67. The van der Waals surface area contributed by atoms with Crippen LogP contribution >= 0.6 is 0 Å². The molecule has 19 heavy (non-hydrogen) atoms. The number of rotatable bonds is 3. The van der Waals surface area contributed by atoms with E-state index in [0.29, 0.717) is 37.9 Å². The fourth-order valence-corrected chi connectivity index (χ4v) is 2.48. The van der Waals surface area contributed by atoms with E-state index in [0.717, 1.165) is 6.42 Å². The van der Waals surface area contributed by atoms with Crippen LogP contribution in [0.2, 0.25) is 0 Å². The van der Waals surface area contributed by atoms with Crippen LogP contribution in [0, 0.1) is 5.95 Å². The Morgan fingerprint density at radius 3 is 2.79 bits per heavy atom. The minimum Gasteiger partial charge on any atom is -0.385 e. The van der Waals surface area contributed by atoms with Gasteiger partial charge in [-0.25, -0.2) is 4.98 Å². The molecule has 1 fully saturated rings. The molecule has 1 saturated heterocycles. The van der Waals surface area contributed by atoms with Crippen molar-refractivity contribution >= 4 is 5.91 Å². The molecule has 1 aromatic rings. The van der Waals surface area contributed by atoms with Crippen LogP contribution in [0.5, 0.6) is 0 Å². The van der Waals surface area contributed by atoms with Crippen LogP contribution in [-0.2, 0) is 10.4 Å². The largest absolute Gasteiger partial charge is 0.385 e. The van der Waals surface area contributed by atoms with Gasteiger partial charge in [0.2, 0.25) is 11.9 Å². The Morgan fingerprint density at radius 2 is 2.21 bits per heavy atom. The van der Waals surface area contributed by atoms with Gasteiger partial charge in [-0.2, -0.15) is 4.39 Å². The molecule has 2 rings (SSSR count). The maximum Gasteiger partial charge on any atom is 0.222 e. The number of aliphatic hydroxyl groups is 1. The van der Waals surface area contributed by atoms with E-state index in [4.69, 9.17) is 0 Å². The lowest BCUT2D eigenvalue weighted by molar-refractivity contribution is -0.135. The van der Waals surface area contributed by atoms with Crippen molar-refractivity contribution in [3.63, 3.8) is 0 Å². The van der Waals surface area contributed by atoms with Gasteiger partial charge in [0, 0.05) is 25.7 Å². The molecule has 1 aliphatic heterocycles. The van der Waals surface area contributed by atoms with E-state index in [9.17, 15) is 14.3 Å². The zero-order valence-corrected chi connectivity index (χ0v) is 11.1. The van der Waals surface area contributed by atoms with Crippen LogP contribution in [0.15, 0.2) is 18.3 Å². The molecule has 1 N–H and O–H groups in total. The van der Waals surface area contributed by atoms with Crippen molar-refractivity contribution in [1.82, 2.24) is 9.88 Å². The molecule has 1 aliphatic rings. The molecule has 0 spiro atoms. The van der Waals surface area contributed by atoms with Crippen LogP contribution in [0.25, 0.3) is 0 Å². The van der Waals surface area contributed by atoms with Gasteiger partial charge in [0.25, 0.3) is 0 Å². The van der Waals surface area contributed by atoms with Gasteiger partial charge in [0.1, 0.15) is 0 Å². The highest BCUT2D eigenvalue weighted by atomic mass is 19.1. The second-order valence-corrected chi connectivity index (χ2v) is 5.03. The van der Waals surface area contributed by atoms with E-state index in [-0.39, 0.29) is 5.91 Å². The van der Waals surface area contributed by atoms with E-state index in [1.807, 2.05) is 6.92 Å². The monoisotopic (exact) mass is 266 g/mol. The Morgan fingerprint density at radius 1 is 1.53 bits per heavy atom. The van der Waals surface area contributed by atoms with E-state index in [1.165, 1.54) is 12.3 Å². The molecule has 104 valence electrons. The Balaban J connectivity index is 2.04. The second-order valence-electron chi connectivity index (χ2n) is 5.03. The standard InChI is InChI=1S/C14H19FN2O2/c1-2-3-13(18)17-8-5-14(19,6-9-17)11-4-7-16-12(15)10-11/h4,7,10,19H,2-3,5-6,8-9H2,1H3. The van der Waals surface area contributed by atoms with Gasteiger partial charge in [0.15, 0.2) is 0 Å². The molecule has 0 saturated carbocycles. The van der Waals surface area contributed by atoms with Crippen molar-refractivity contribution < 1.29 is 14.3 Å². The lowest BCUT2D eigenvalue weighted by Gasteiger charge is -2.38. The topological polar surface area (TPSA) is 53.4 Å². The van der Waals surface area contributed by atoms with E-state index in [1.54, 1.807) is 11.0 Å². The van der Waals surface area contributed by atoms with Crippen molar-refractivity contribution in [1.29, 1.82) is 0 Å². The number of pyridine rings is 1. The van der Waals surface area contributed by atoms with E-state index >= 15 is 0 Å². The number of halogens is 1. The van der Waals surface area contributed by atoms with Gasteiger partial charge in [0.05, 0.1) is 5.60 Å². The number of amides is 1. The highest BCUT2D eigenvalue weighted by molar-refractivity contribution is 5.76. The minimum atomic E-state index is -1.05. The highest BCUT2D eigenvalue weighted by Gasteiger charge is 2.35. The number of hydrogen-bond donors (Lipinski definition) is 1. The van der Waals surface area contributed by atoms with Crippen molar-refractivity contribution in [3.05, 3.63) is 29.8 Å². The fourth-order valence-electron chi connectivity index (χ4n) is 2.48. The van der Waals surface area contributed by atoms with Crippen LogP contribution in [-0.4, -0.2) is 34.0 Å². The van der Waals surface area contributed by atoms with Crippen molar-refractivity contribution in [2.45, 2.75) is 38.2 Å². The van der Waals surface area contributed by atoms with Gasteiger partial charge in [-0.05, 0) is 37.0 Å². The summed E-state index contributed by atoms with van der Waals surface area (Å²) < 4.78 is 13.1. The Labute approximate surface area is 112 Å². The molecule has 0 radical (unpaired) electrons. The first kappa shape index (κ1) is 13.9. The number of likely N-dealkylation sites (tertiary alicyclic amines) is 1. The van der Waals surface area contributed by atoms with Gasteiger partial charge < -0.3 is 10.0 Å². The van der Waals surface area contributed by atoms with E-state index in [2.05, 4.69) is 4.98 Å². The summed E-state index contributed by atoms with van der Waals surface area (Å²) in [5.74, 6) is -0.458. The number of hydrogen-bond acceptors (Lipinski definition) is 3. The van der Waals surface area contributed by atoms with Gasteiger partial charge in [-0.15, -0.1) is 0 Å². The summed E-state index contributed by atoms with van der Waals surface area (Å²) in [7, 11) is 0. The summed E-state index contributed by atoms with van der Waals surface area (Å²) in [5.41, 5.74) is -0.505. The maximum absolute atomic E-state index is 13.1. The van der Waals surface area contributed by atoms with Gasteiger partial charge in [-0.1, -0.05) is 6.92 Å². The quantitative estimate of drug-likeness (QED) is 0.849. The normalized spacial score (nSPS) is 18.4. The first-order valence-corrected chi connectivity index (χ1v) is 6.67. The molecule has 0 bridgehead atoms. The lowest BCUT2D eigenvalue weighted by atomic mass is 9.85. The zero-order valence-electron chi connectivity index (χ0n) is 11.1. The third-order valence-electron chi connectivity index (χ3n) is 3.67. The summed E-state index contributed by atoms with van der Waals surface area (Å²) in [6.07, 6.45) is 3.60. The number of carbonyl (C=O) groups is 1. The Hall–Kier alpha value is -1.49. The molecule has 0 aromatic carbocycles. The summed E-state index contributed by atoms with van der Waals surface area (Å²) in [6.45, 7) is 3.00. The van der Waals surface area contributed by atoms with Gasteiger partial charge in [-0.3, -0.25) is 4.79 Å². The van der Waals surface area contributed by atoms with Crippen LogP contribution in [0.3, 0.4) is 0 Å². The Kier molecular flexibility index (Phi) is 4.14. The van der Waals surface area contributed by atoms with Crippen LogP contribution in [0.1, 0.15) is 38.2 Å². The molecular formula is C14H19FN2O2. The summed E-state index contributed by atoms with van der Waals surface area (Å²) in [5, 5.41) is 10.6. The predicted molar refractivity (Wildman–Crippen MR) is 68.8 cm³/mol. The molecule has 1 aromatic heterocycles. The summed E-state index contributed by atoms with van der Waals surface area (Å²) in [6, 6.07) is 2.90. The number of carbonyl (C=O) groups excluding carboxylic acids is 1. The SMILES string of the molecule is CCCC(=O)N1CCC(O)(c2ccnc(F)c2)CC1. The fraction of sp³-hybridized carbons (Fsp3) is 0.571. The van der Waals surface area contributed by atoms with Crippen molar-refractivity contribution in [3.8, 4) is 0 Å². The number of aromatic nitrogens is 1. The first-order chi connectivity index (χ1) is 9.05. The summed E-state index contributed by atoms with van der Waals surface area (Å²) in [4.78, 5) is 17.0. The van der Waals surface area contributed by atoms with Crippen LogP contribution in [0.4, 0.5) is 4.39 Å². The lowest BCUT2D eigenvalue weighted by Crippen LogP contribution is -2.45. The predicted octanol–water partition coefficient (Wildman–Crippen LogP) is 1.83. The van der Waals surface area contributed by atoms with E-state index < -0.39 is 11.5 Å². The number of nitrogens with zero attached hydrogens (tertiary/aromatic N) is 2. The first-order valence-electron chi connectivity index (χ1n) is 6.67. The molecule has 0 unspecified atom stereocenters. The molecule has 0 aliphatic carbocycles. The molecular weight excluding hydrogens is 247 g/mol. The molecule has 2 heterocycles. The highest BCUT2D eigenvalue weighted by Crippen LogP contribution is 2.32. The van der Waals surface area contributed by atoms with Crippen LogP contribution < -0.4 is 0 Å². The smallest absolute Gasteiger partial charge is 0.222 e. The molecule has 5 heteroatoms. The summed E-state index contributed by atoms with van der Waals surface area (Å²) >= 11 is 0. The molecule has 4 nitrogen and oxygen atoms in total. The Bertz CT molecular complexity index is 457. The number of piperidine rings is 1. The average Bonchev–Trinajstić information content (AvgIpc) is 2.40. The maximum atomic E-state index is 13.1. The zero-order chi connectivity index (χ0) is 13.9. The molecule has 1 amide bonds. The van der Waals surface area contributed by atoms with Crippen molar-refractivity contribution in [2.75, 3.05) is 13.1 Å². The van der Waals surface area contributed by atoms with Crippen molar-refractivity contribution in [2.24, 2.45) is 0 Å². The minimum absolute atomic E-state index is 0.130. The van der Waals surface area contributed by atoms with Gasteiger partial charge >= 0.3 is 0 Å². The molecule has 0 atom stereocenters.